The Labute approximate surface area is 202 Å². The third-order valence-corrected chi connectivity index (χ3v) is 5.65. The number of aromatic hydroxyl groups is 1. The van der Waals surface area contributed by atoms with Crippen LogP contribution in [0.3, 0.4) is 0 Å². The van der Waals surface area contributed by atoms with Gasteiger partial charge in [-0.05, 0) is 42.0 Å². The van der Waals surface area contributed by atoms with Crippen molar-refractivity contribution >= 4 is 34.5 Å². The quantitative estimate of drug-likeness (QED) is 0.0923. The Morgan fingerprint density at radius 1 is 1.08 bits per heavy atom. The summed E-state index contributed by atoms with van der Waals surface area (Å²) in [6.45, 7) is 0. The summed E-state index contributed by atoms with van der Waals surface area (Å²) in [6, 6.07) is 12.9. The number of imidazole rings is 1. The minimum Gasteiger partial charge on any atom is -0.507 e. The summed E-state index contributed by atoms with van der Waals surface area (Å²) < 4.78 is 0. The average molecular weight is 489 g/mol. The number of nitro groups is 1. The van der Waals surface area contributed by atoms with Gasteiger partial charge in [-0.1, -0.05) is 12.1 Å². The Bertz CT molecular complexity index is 1560. The van der Waals surface area contributed by atoms with Crippen molar-refractivity contribution in [1.29, 1.82) is 5.41 Å². The maximum absolute atomic E-state index is 11.9. The molecular weight excluding hydrogens is 470 g/mol. The molecule has 0 amide bonds. The van der Waals surface area contributed by atoms with Crippen LogP contribution in [0.15, 0.2) is 54.6 Å². The molecule has 1 atom stereocenters. The molecule has 4 aromatic rings. The molecule has 0 saturated heterocycles. The summed E-state index contributed by atoms with van der Waals surface area (Å²) in [6.07, 6.45) is -0.752. The number of hydrogen-bond donors (Lipinski definition) is 6. The van der Waals surface area contributed by atoms with E-state index < -0.39 is 35.0 Å². The maximum Gasteiger partial charge on any atom is 0.311 e. The number of nitro benzene ring substituents is 1. The third kappa shape index (κ3) is 4.42. The number of nitrogens with two attached hydrogens (primary N) is 1. The van der Waals surface area contributed by atoms with Crippen LogP contribution in [0.2, 0.25) is 0 Å². The summed E-state index contributed by atoms with van der Waals surface area (Å²) in [7, 11) is 0. The first-order valence-corrected chi connectivity index (χ1v) is 10.5. The number of amidine groups is 1. The van der Waals surface area contributed by atoms with Crippen LogP contribution in [0.25, 0.3) is 33.5 Å². The first kappa shape index (κ1) is 23.9. The average Bonchev–Trinajstić information content (AvgIpc) is 3.25. The SMILES string of the molecule is N=C(N)c1ccc2nc(-c3cc([C@@H](CC(=O)O)C(=O)O)cc(-c4ccccc4[N+](=O)[O-])c3O)[nH]c2c1. The van der Waals surface area contributed by atoms with Crippen LogP contribution in [0, 0.1) is 15.5 Å². The number of fused-ring (bicyclic) bond motifs is 1. The molecule has 3 aromatic carbocycles. The second-order valence-electron chi connectivity index (χ2n) is 7.96. The van der Waals surface area contributed by atoms with E-state index in [0.29, 0.717) is 16.6 Å². The molecule has 0 aliphatic carbocycles. The molecule has 7 N–H and O–H groups in total. The second-order valence-corrected chi connectivity index (χ2v) is 7.96. The van der Waals surface area contributed by atoms with E-state index in [1.54, 1.807) is 18.2 Å². The predicted molar refractivity (Wildman–Crippen MR) is 129 cm³/mol. The summed E-state index contributed by atoms with van der Waals surface area (Å²) in [5, 5.41) is 49.4. The van der Waals surface area contributed by atoms with Gasteiger partial charge in [0.1, 0.15) is 17.4 Å². The number of aliphatic carboxylic acids is 2. The van der Waals surface area contributed by atoms with Crippen molar-refractivity contribution in [2.45, 2.75) is 12.3 Å². The lowest BCUT2D eigenvalue weighted by Crippen LogP contribution is -2.16. The van der Waals surface area contributed by atoms with E-state index in [2.05, 4.69) is 9.97 Å². The van der Waals surface area contributed by atoms with Crippen molar-refractivity contribution in [2.24, 2.45) is 5.73 Å². The largest absolute Gasteiger partial charge is 0.507 e. The van der Waals surface area contributed by atoms with Crippen LogP contribution in [0.1, 0.15) is 23.5 Å². The van der Waals surface area contributed by atoms with Crippen molar-refractivity contribution in [1.82, 2.24) is 9.97 Å². The number of aromatic nitrogens is 2. The van der Waals surface area contributed by atoms with Gasteiger partial charge in [0, 0.05) is 17.2 Å². The number of benzene rings is 3. The number of phenols is 1. The normalized spacial score (nSPS) is 11.8. The zero-order chi connectivity index (χ0) is 26.1. The van der Waals surface area contributed by atoms with Crippen molar-refractivity contribution < 1.29 is 29.8 Å². The fraction of sp³-hybridized carbons (Fsp3) is 0.0833. The van der Waals surface area contributed by atoms with Gasteiger partial charge in [-0.2, -0.15) is 0 Å². The van der Waals surface area contributed by atoms with Crippen molar-refractivity contribution in [3.63, 3.8) is 0 Å². The third-order valence-electron chi connectivity index (χ3n) is 5.65. The maximum atomic E-state index is 11.9. The molecule has 0 aliphatic rings. The van der Waals surface area contributed by atoms with Gasteiger partial charge in [0.25, 0.3) is 5.69 Å². The number of rotatable bonds is 8. The molecule has 12 heteroatoms. The monoisotopic (exact) mass is 489 g/mol. The Hall–Kier alpha value is -5.26. The fourth-order valence-corrected chi connectivity index (χ4v) is 3.93. The zero-order valence-electron chi connectivity index (χ0n) is 18.4. The molecule has 0 fully saturated rings. The molecule has 0 unspecified atom stereocenters. The fourth-order valence-electron chi connectivity index (χ4n) is 3.93. The van der Waals surface area contributed by atoms with Gasteiger partial charge in [0.2, 0.25) is 0 Å². The number of nitrogens with one attached hydrogen (secondary N) is 2. The number of H-pyrrole nitrogens is 1. The van der Waals surface area contributed by atoms with Crippen LogP contribution in [-0.2, 0) is 9.59 Å². The highest BCUT2D eigenvalue weighted by Crippen LogP contribution is 2.43. The Morgan fingerprint density at radius 2 is 1.78 bits per heavy atom. The standard InChI is InChI=1S/C24H19N5O7/c25-22(26)11-5-6-17-18(9-11)28-23(27-17)16-8-12(14(24(33)34)10-20(30)31)7-15(21(16)32)13-3-1-2-4-19(13)29(35)36/h1-9,14,32H,10H2,(H3,25,26)(H,27,28)(H,30,31)(H,33,34)/t14-/m1/s1. The number of nitrogens with zero attached hydrogens (tertiary/aromatic N) is 2. The zero-order valence-corrected chi connectivity index (χ0v) is 18.4. The van der Waals surface area contributed by atoms with Crippen molar-refractivity contribution in [3.8, 4) is 28.3 Å². The molecule has 1 aromatic heterocycles. The van der Waals surface area contributed by atoms with E-state index in [0.717, 1.165) is 0 Å². The van der Waals surface area contributed by atoms with Crippen LogP contribution in [-0.4, -0.2) is 48.0 Å². The van der Waals surface area contributed by atoms with Gasteiger partial charge in [-0.3, -0.25) is 25.1 Å². The molecule has 0 radical (unpaired) electrons. The lowest BCUT2D eigenvalue weighted by Gasteiger charge is -2.16. The highest BCUT2D eigenvalue weighted by atomic mass is 16.6. The number of nitrogen functional groups attached to an aromatic ring is 1. The van der Waals surface area contributed by atoms with E-state index in [1.807, 2.05) is 0 Å². The summed E-state index contributed by atoms with van der Waals surface area (Å²) in [5.74, 6) is -4.77. The Kier molecular flexibility index (Phi) is 6.09. The van der Waals surface area contributed by atoms with E-state index in [9.17, 15) is 35.0 Å². The summed E-state index contributed by atoms with van der Waals surface area (Å²) in [4.78, 5) is 41.7. The van der Waals surface area contributed by atoms with E-state index in [4.69, 9.17) is 11.1 Å². The number of carbonyl (C=O) groups is 2. The van der Waals surface area contributed by atoms with Gasteiger partial charge in [0.15, 0.2) is 0 Å². The predicted octanol–water partition coefficient (Wildman–Crippen LogP) is 3.44. The molecular formula is C24H19N5O7. The summed E-state index contributed by atoms with van der Waals surface area (Å²) in [5.41, 5.74) is 6.52. The van der Waals surface area contributed by atoms with E-state index in [-0.39, 0.29) is 39.6 Å². The lowest BCUT2D eigenvalue weighted by molar-refractivity contribution is -0.384. The molecule has 0 saturated carbocycles. The summed E-state index contributed by atoms with van der Waals surface area (Å²) >= 11 is 0. The number of aromatic amines is 1. The van der Waals surface area contributed by atoms with Gasteiger partial charge in [-0.15, -0.1) is 0 Å². The molecule has 1 heterocycles. The molecule has 182 valence electrons. The molecule has 0 bridgehead atoms. The minimum atomic E-state index is -1.50. The molecule has 12 nitrogen and oxygen atoms in total. The lowest BCUT2D eigenvalue weighted by atomic mass is 9.89. The highest BCUT2D eigenvalue weighted by Gasteiger charge is 2.28. The highest BCUT2D eigenvalue weighted by molar-refractivity contribution is 5.98. The topological polar surface area (TPSA) is 217 Å². The van der Waals surface area contributed by atoms with Crippen molar-refractivity contribution in [2.75, 3.05) is 0 Å². The van der Waals surface area contributed by atoms with E-state index >= 15 is 0 Å². The minimum absolute atomic E-state index is 0.00994. The first-order chi connectivity index (χ1) is 17.1. The van der Waals surface area contributed by atoms with Gasteiger partial charge < -0.3 is 26.0 Å². The molecule has 0 aliphatic heterocycles. The smallest absolute Gasteiger partial charge is 0.311 e. The number of hydrogen-bond acceptors (Lipinski definition) is 7. The van der Waals surface area contributed by atoms with E-state index in [1.165, 1.54) is 36.4 Å². The Balaban J connectivity index is 2.01. The number of phenolic OH excluding ortho intramolecular Hbond substituents is 1. The first-order valence-electron chi connectivity index (χ1n) is 10.5. The van der Waals surface area contributed by atoms with Crippen LogP contribution in [0.4, 0.5) is 5.69 Å². The number of para-hydroxylation sites is 1. The van der Waals surface area contributed by atoms with Crippen molar-refractivity contribution in [3.05, 3.63) is 75.8 Å². The van der Waals surface area contributed by atoms with Gasteiger partial charge in [0.05, 0.1) is 39.4 Å². The van der Waals surface area contributed by atoms with Crippen LogP contribution >= 0.6 is 0 Å². The second kappa shape index (κ2) is 9.18. The Morgan fingerprint density at radius 3 is 2.42 bits per heavy atom. The molecule has 0 spiro atoms. The van der Waals surface area contributed by atoms with Gasteiger partial charge >= 0.3 is 11.9 Å². The molecule has 4 rings (SSSR count). The van der Waals surface area contributed by atoms with Gasteiger partial charge in [-0.25, -0.2) is 4.98 Å². The number of carboxylic acids is 2. The van der Waals surface area contributed by atoms with Crippen LogP contribution < -0.4 is 5.73 Å². The number of carboxylic acid groups (broad SMARTS) is 2. The van der Waals surface area contributed by atoms with Crippen LogP contribution in [0.5, 0.6) is 5.75 Å². The molecule has 36 heavy (non-hydrogen) atoms.